The summed E-state index contributed by atoms with van der Waals surface area (Å²) < 4.78 is 0.800. The van der Waals surface area contributed by atoms with Gasteiger partial charge in [-0.05, 0) is 60.2 Å². The van der Waals surface area contributed by atoms with Gasteiger partial charge in [0.2, 0.25) is 5.95 Å². The van der Waals surface area contributed by atoms with Crippen molar-refractivity contribution in [2.45, 2.75) is 32.7 Å². The minimum atomic E-state index is 0.113. The highest BCUT2D eigenvalue weighted by Crippen LogP contribution is 2.36. The van der Waals surface area contributed by atoms with Crippen LogP contribution in [0, 0.1) is 5.92 Å². The standard InChI is InChI=1S/C20H24BrN5/c1-13(15-9-10-15)11-18(22-3)25-19-17(21)12-23-20(26-19)24-14(2)16-7-5-4-6-8-16/h4-8,11-12,14-15H,9-10H2,1-3H3,(H2,22,23,24,25,26)/b13-11+. The maximum absolute atomic E-state index is 4.60. The molecule has 1 heterocycles. The molecule has 5 nitrogen and oxygen atoms in total. The molecule has 1 aromatic carbocycles. The highest BCUT2D eigenvalue weighted by atomic mass is 79.9. The Morgan fingerprint density at radius 3 is 2.69 bits per heavy atom. The first-order valence-corrected chi connectivity index (χ1v) is 9.62. The first-order valence-electron chi connectivity index (χ1n) is 8.83. The zero-order chi connectivity index (χ0) is 18.5. The summed E-state index contributed by atoms with van der Waals surface area (Å²) in [4.78, 5) is 13.3. The van der Waals surface area contributed by atoms with E-state index in [1.807, 2.05) is 18.2 Å². The average Bonchev–Trinajstić information content (AvgIpc) is 3.49. The number of aliphatic imine (C=N–C) groups is 1. The summed E-state index contributed by atoms with van der Waals surface area (Å²) in [6, 6.07) is 10.4. The molecule has 1 aromatic heterocycles. The Labute approximate surface area is 163 Å². The maximum Gasteiger partial charge on any atom is 0.225 e. The second kappa shape index (κ2) is 8.45. The third-order valence-corrected chi connectivity index (χ3v) is 5.04. The molecule has 1 fully saturated rings. The van der Waals surface area contributed by atoms with Gasteiger partial charge in [0.05, 0.1) is 10.5 Å². The molecule has 2 N–H and O–H groups in total. The summed E-state index contributed by atoms with van der Waals surface area (Å²) >= 11 is 3.52. The van der Waals surface area contributed by atoms with Crippen molar-refractivity contribution >= 4 is 33.5 Å². The van der Waals surface area contributed by atoms with Crippen molar-refractivity contribution in [1.29, 1.82) is 0 Å². The molecule has 2 aromatic rings. The number of aromatic nitrogens is 2. The Hall–Kier alpha value is -2.21. The van der Waals surface area contributed by atoms with E-state index in [2.05, 4.69) is 73.6 Å². The normalized spacial score (nSPS) is 16.3. The lowest BCUT2D eigenvalue weighted by atomic mass is 10.1. The fourth-order valence-electron chi connectivity index (χ4n) is 2.69. The van der Waals surface area contributed by atoms with Crippen LogP contribution in [0.15, 0.2) is 57.6 Å². The van der Waals surface area contributed by atoms with Crippen molar-refractivity contribution in [2.75, 3.05) is 17.7 Å². The lowest BCUT2D eigenvalue weighted by Crippen LogP contribution is -2.14. The minimum absolute atomic E-state index is 0.113. The summed E-state index contributed by atoms with van der Waals surface area (Å²) in [5, 5.41) is 6.65. The number of nitrogens with one attached hydrogen (secondary N) is 2. The van der Waals surface area contributed by atoms with E-state index >= 15 is 0 Å². The van der Waals surface area contributed by atoms with Gasteiger partial charge in [0.1, 0.15) is 5.84 Å². The lowest BCUT2D eigenvalue weighted by Gasteiger charge is -2.15. The number of rotatable bonds is 6. The number of hydrogen-bond donors (Lipinski definition) is 2. The largest absolute Gasteiger partial charge is 0.348 e. The van der Waals surface area contributed by atoms with Crippen LogP contribution in [-0.2, 0) is 0 Å². The van der Waals surface area contributed by atoms with Crippen molar-refractivity contribution in [3.63, 3.8) is 0 Å². The molecule has 1 atom stereocenters. The lowest BCUT2D eigenvalue weighted by molar-refractivity contribution is 0.860. The molecule has 136 valence electrons. The van der Waals surface area contributed by atoms with Gasteiger partial charge in [-0.2, -0.15) is 4.98 Å². The molecule has 1 unspecified atom stereocenters. The molecule has 0 bridgehead atoms. The van der Waals surface area contributed by atoms with Gasteiger partial charge in [0, 0.05) is 13.2 Å². The molecule has 0 aliphatic heterocycles. The molecule has 0 spiro atoms. The number of nitrogens with zero attached hydrogens (tertiary/aromatic N) is 3. The van der Waals surface area contributed by atoms with Crippen LogP contribution < -0.4 is 10.6 Å². The van der Waals surface area contributed by atoms with E-state index in [1.165, 1.54) is 24.0 Å². The first kappa shape index (κ1) is 18.6. The second-order valence-corrected chi connectivity index (χ2v) is 7.42. The first-order chi connectivity index (χ1) is 12.6. The molecule has 26 heavy (non-hydrogen) atoms. The topological polar surface area (TPSA) is 62.2 Å². The van der Waals surface area contributed by atoms with Crippen LogP contribution in [0.2, 0.25) is 0 Å². The van der Waals surface area contributed by atoms with Crippen molar-refractivity contribution in [3.05, 3.63) is 58.2 Å². The Morgan fingerprint density at radius 1 is 1.31 bits per heavy atom. The van der Waals surface area contributed by atoms with Crippen molar-refractivity contribution < 1.29 is 0 Å². The van der Waals surface area contributed by atoms with Crippen LogP contribution in [0.25, 0.3) is 0 Å². The molecular weight excluding hydrogens is 390 g/mol. The van der Waals surface area contributed by atoms with E-state index in [4.69, 9.17) is 0 Å². The summed E-state index contributed by atoms with van der Waals surface area (Å²) in [6.07, 6.45) is 6.41. The van der Waals surface area contributed by atoms with Gasteiger partial charge in [-0.1, -0.05) is 35.9 Å². The summed E-state index contributed by atoms with van der Waals surface area (Å²) in [7, 11) is 1.78. The molecular formula is C20H24BrN5. The number of allylic oxidation sites excluding steroid dienone is 1. The third kappa shape index (κ3) is 4.91. The minimum Gasteiger partial charge on any atom is -0.348 e. The smallest absolute Gasteiger partial charge is 0.225 e. The van der Waals surface area contributed by atoms with Crippen LogP contribution in [0.1, 0.15) is 38.3 Å². The van der Waals surface area contributed by atoms with Crippen LogP contribution >= 0.6 is 15.9 Å². The van der Waals surface area contributed by atoms with Crippen LogP contribution in [0.5, 0.6) is 0 Å². The predicted octanol–water partition coefficient (Wildman–Crippen LogP) is 5.21. The predicted molar refractivity (Wildman–Crippen MR) is 112 cm³/mol. The van der Waals surface area contributed by atoms with Crippen molar-refractivity contribution in [2.24, 2.45) is 10.9 Å². The van der Waals surface area contributed by atoms with Crippen molar-refractivity contribution in [1.82, 2.24) is 9.97 Å². The summed E-state index contributed by atoms with van der Waals surface area (Å²) in [5.41, 5.74) is 2.55. The van der Waals surface area contributed by atoms with E-state index < -0.39 is 0 Å². The highest BCUT2D eigenvalue weighted by molar-refractivity contribution is 9.10. The fraction of sp³-hybridized carbons (Fsp3) is 0.350. The molecule has 0 amide bonds. The molecule has 3 rings (SSSR count). The van der Waals surface area contributed by atoms with Crippen LogP contribution in [0.3, 0.4) is 0 Å². The SMILES string of the molecule is CN=C(/C=C(\C)C1CC1)Nc1nc(NC(C)c2ccccc2)ncc1Br. The number of benzene rings is 1. The van der Waals surface area contributed by atoms with E-state index in [9.17, 15) is 0 Å². The van der Waals surface area contributed by atoms with E-state index in [0.717, 1.165) is 10.3 Å². The quantitative estimate of drug-likeness (QED) is 0.503. The maximum atomic E-state index is 4.60. The van der Waals surface area contributed by atoms with Gasteiger partial charge in [0.15, 0.2) is 5.82 Å². The van der Waals surface area contributed by atoms with Gasteiger partial charge in [-0.25, -0.2) is 4.98 Å². The van der Waals surface area contributed by atoms with Gasteiger partial charge in [-0.3, -0.25) is 4.99 Å². The van der Waals surface area contributed by atoms with E-state index in [-0.39, 0.29) is 6.04 Å². The number of hydrogen-bond acceptors (Lipinski definition) is 4. The highest BCUT2D eigenvalue weighted by Gasteiger charge is 2.23. The monoisotopic (exact) mass is 413 g/mol. The van der Waals surface area contributed by atoms with Gasteiger partial charge in [-0.15, -0.1) is 0 Å². The summed E-state index contributed by atoms with van der Waals surface area (Å²) in [6.45, 7) is 4.25. The molecule has 6 heteroatoms. The van der Waals surface area contributed by atoms with Crippen LogP contribution in [-0.4, -0.2) is 22.9 Å². The number of halogens is 1. The zero-order valence-electron chi connectivity index (χ0n) is 15.3. The molecule has 0 radical (unpaired) electrons. The Balaban J connectivity index is 1.73. The molecule has 1 aliphatic carbocycles. The fourth-order valence-corrected chi connectivity index (χ4v) is 2.98. The summed E-state index contributed by atoms with van der Waals surface area (Å²) in [5.74, 6) is 2.79. The van der Waals surface area contributed by atoms with E-state index in [1.54, 1.807) is 13.2 Å². The van der Waals surface area contributed by atoms with Crippen molar-refractivity contribution in [3.8, 4) is 0 Å². The van der Waals surface area contributed by atoms with Gasteiger partial charge in [0.25, 0.3) is 0 Å². The Kier molecular flexibility index (Phi) is 6.04. The number of amidine groups is 1. The zero-order valence-corrected chi connectivity index (χ0v) is 16.9. The van der Waals surface area contributed by atoms with E-state index in [0.29, 0.717) is 17.7 Å². The molecule has 0 saturated heterocycles. The van der Waals surface area contributed by atoms with Crippen LogP contribution in [0.4, 0.5) is 11.8 Å². The Bertz CT molecular complexity index is 812. The Morgan fingerprint density at radius 2 is 2.04 bits per heavy atom. The molecule has 1 saturated carbocycles. The van der Waals surface area contributed by atoms with Gasteiger partial charge < -0.3 is 10.6 Å². The second-order valence-electron chi connectivity index (χ2n) is 6.56. The van der Waals surface area contributed by atoms with Gasteiger partial charge >= 0.3 is 0 Å². The third-order valence-electron chi connectivity index (χ3n) is 4.46. The average molecular weight is 414 g/mol. The number of anilines is 2. The molecule has 1 aliphatic rings.